The summed E-state index contributed by atoms with van der Waals surface area (Å²) in [6, 6.07) is 0.220. The lowest BCUT2D eigenvalue weighted by Gasteiger charge is -2.34. The highest BCUT2D eigenvalue weighted by molar-refractivity contribution is 5.96. The van der Waals surface area contributed by atoms with Crippen LogP contribution in [0.1, 0.15) is 39.5 Å². The third-order valence-corrected chi connectivity index (χ3v) is 3.54. The van der Waals surface area contributed by atoms with E-state index in [1.165, 1.54) is 13.3 Å². The number of hydrogen-bond donors (Lipinski definition) is 1. The van der Waals surface area contributed by atoms with Crippen LogP contribution in [0, 0.1) is 11.8 Å². The van der Waals surface area contributed by atoms with E-state index in [4.69, 9.17) is 5.11 Å². The summed E-state index contributed by atoms with van der Waals surface area (Å²) in [5.74, 6) is -1.61. The quantitative estimate of drug-likeness (QED) is 0.747. The summed E-state index contributed by atoms with van der Waals surface area (Å²) in [5, 5.41) is 8.80. The van der Waals surface area contributed by atoms with Crippen molar-refractivity contribution in [2.45, 2.75) is 45.6 Å². The van der Waals surface area contributed by atoms with Crippen LogP contribution in [0.3, 0.4) is 0 Å². The molecule has 1 fully saturated rings. The molecular weight excluding hydrogens is 206 g/mol. The molecule has 0 spiro atoms. The maximum Gasteiger partial charge on any atom is 0.315 e. The Bertz CT molecular complexity index is 277. The number of carboxylic acid groups (broad SMARTS) is 1. The summed E-state index contributed by atoms with van der Waals surface area (Å²) in [5.41, 5.74) is 0. The zero-order chi connectivity index (χ0) is 12.3. The molecule has 0 aromatic rings. The Morgan fingerprint density at radius 2 is 2.00 bits per heavy atom. The van der Waals surface area contributed by atoms with Crippen LogP contribution >= 0.6 is 0 Å². The standard InChI is InChI=1S/C12H21NO3/c1-8-5-4-6-10(7-8)13(3)11(14)9(2)12(15)16/h8-10H,4-7H2,1-3H3,(H,15,16). The lowest BCUT2D eigenvalue weighted by atomic mass is 9.86. The van der Waals surface area contributed by atoms with Gasteiger partial charge in [-0.3, -0.25) is 9.59 Å². The minimum Gasteiger partial charge on any atom is -0.481 e. The van der Waals surface area contributed by atoms with Crippen molar-refractivity contribution >= 4 is 11.9 Å². The predicted molar refractivity (Wildman–Crippen MR) is 61.0 cm³/mol. The van der Waals surface area contributed by atoms with E-state index in [2.05, 4.69) is 6.92 Å². The first-order valence-corrected chi connectivity index (χ1v) is 5.93. The average Bonchev–Trinajstić information content (AvgIpc) is 2.26. The third-order valence-electron chi connectivity index (χ3n) is 3.54. The van der Waals surface area contributed by atoms with Crippen molar-refractivity contribution in [1.82, 2.24) is 4.90 Å². The van der Waals surface area contributed by atoms with Gasteiger partial charge in [-0.15, -0.1) is 0 Å². The van der Waals surface area contributed by atoms with Gasteiger partial charge in [-0.2, -0.15) is 0 Å². The van der Waals surface area contributed by atoms with Crippen molar-refractivity contribution in [2.24, 2.45) is 11.8 Å². The molecular formula is C12H21NO3. The summed E-state index contributed by atoms with van der Waals surface area (Å²) in [4.78, 5) is 24.2. The van der Waals surface area contributed by atoms with E-state index >= 15 is 0 Å². The summed E-state index contributed by atoms with van der Waals surface area (Å²) in [6.45, 7) is 3.64. The van der Waals surface area contributed by atoms with Crippen LogP contribution in [0.25, 0.3) is 0 Å². The van der Waals surface area contributed by atoms with Crippen LogP contribution in [0.15, 0.2) is 0 Å². The number of nitrogens with zero attached hydrogens (tertiary/aromatic N) is 1. The third kappa shape index (κ3) is 2.97. The zero-order valence-corrected chi connectivity index (χ0v) is 10.3. The minimum absolute atomic E-state index is 0.220. The highest BCUT2D eigenvalue weighted by atomic mass is 16.4. The molecule has 16 heavy (non-hydrogen) atoms. The largest absolute Gasteiger partial charge is 0.481 e. The smallest absolute Gasteiger partial charge is 0.315 e. The van der Waals surface area contributed by atoms with Gasteiger partial charge in [-0.1, -0.05) is 19.8 Å². The van der Waals surface area contributed by atoms with Crippen molar-refractivity contribution in [2.75, 3.05) is 7.05 Å². The summed E-state index contributed by atoms with van der Waals surface area (Å²) in [6.07, 6.45) is 4.34. The van der Waals surface area contributed by atoms with Crippen molar-refractivity contribution in [3.8, 4) is 0 Å². The van der Waals surface area contributed by atoms with Gasteiger partial charge in [0.25, 0.3) is 0 Å². The molecule has 1 amide bonds. The first-order chi connectivity index (χ1) is 7.43. The Morgan fingerprint density at radius 1 is 1.38 bits per heavy atom. The number of carbonyl (C=O) groups excluding carboxylic acids is 1. The van der Waals surface area contributed by atoms with Gasteiger partial charge in [0.2, 0.25) is 5.91 Å². The first-order valence-electron chi connectivity index (χ1n) is 5.93. The monoisotopic (exact) mass is 227 g/mol. The fraction of sp³-hybridized carbons (Fsp3) is 0.833. The van der Waals surface area contributed by atoms with Crippen LogP contribution in [0.5, 0.6) is 0 Å². The molecule has 1 N–H and O–H groups in total. The second-order valence-corrected chi connectivity index (χ2v) is 4.93. The molecule has 1 aliphatic carbocycles. The van der Waals surface area contributed by atoms with E-state index < -0.39 is 11.9 Å². The van der Waals surface area contributed by atoms with E-state index in [0.717, 1.165) is 19.3 Å². The Kier molecular flexibility index (Phi) is 4.33. The highest BCUT2D eigenvalue weighted by Crippen LogP contribution is 2.27. The molecule has 4 nitrogen and oxygen atoms in total. The number of amides is 1. The minimum atomic E-state index is -1.04. The Balaban J connectivity index is 2.59. The predicted octanol–water partition coefficient (Wildman–Crippen LogP) is 1.74. The molecule has 0 saturated heterocycles. The highest BCUT2D eigenvalue weighted by Gasteiger charge is 2.30. The maximum atomic E-state index is 11.8. The second kappa shape index (κ2) is 5.32. The summed E-state index contributed by atoms with van der Waals surface area (Å²) >= 11 is 0. The summed E-state index contributed by atoms with van der Waals surface area (Å²) in [7, 11) is 1.73. The van der Waals surface area contributed by atoms with Gasteiger partial charge in [0.1, 0.15) is 5.92 Å². The SMILES string of the molecule is CC1CCCC(N(C)C(=O)C(C)C(=O)O)C1. The van der Waals surface area contributed by atoms with E-state index in [1.807, 2.05) is 0 Å². The van der Waals surface area contributed by atoms with Crippen LogP contribution in [0.4, 0.5) is 0 Å². The fourth-order valence-corrected chi connectivity index (χ4v) is 2.34. The molecule has 0 bridgehead atoms. The Labute approximate surface area is 96.6 Å². The Hall–Kier alpha value is -1.06. The molecule has 3 unspecified atom stereocenters. The topological polar surface area (TPSA) is 57.6 Å². The van der Waals surface area contributed by atoms with E-state index in [9.17, 15) is 9.59 Å². The van der Waals surface area contributed by atoms with Crippen LogP contribution in [-0.4, -0.2) is 35.0 Å². The van der Waals surface area contributed by atoms with Crippen LogP contribution in [0.2, 0.25) is 0 Å². The normalized spacial score (nSPS) is 27.2. The van der Waals surface area contributed by atoms with Gasteiger partial charge < -0.3 is 10.0 Å². The zero-order valence-electron chi connectivity index (χ0n) is 10.3. The molecule has 3 atom stereocenters. The molecule has 92 valence electrons. The average molecular weight is 227 g/mol. The van der Waals surface area contributed by atoms with Crippen molar-refractivity contribution in [3.05, 3.63) is 0 Å². The van der Waals surface area contributed by atoms with E-state index in [-0.39, 0.29) is 11.9 Å². The summed E-state index contributed by atoms with van der Waals surface area (Å²) < 4.78 is 0. The number of rotatable bonds is 3. The van der Waals surface area contributed by atoms with Gasteiger partial charge in [0.15, 0.2) is 0 Å². The van der Waals surface area contributed by atoms with Gasteiger partial charge in [-0.25, -0.2) is 0 Å². The van der Waals surface area contributed by atoms with E-state index in [1.54, 1.807) is 11.9 Å². The molecule has 0 aromatic carbocycles. The molecule has 4 heteroatoms. The molecule has 1 aliphatic rings. The van der Waals surface area contributed by atoms with Gasteiger partial charge >= 0.3 is 5.97 Å². The van der Waals surface area contributed by atoms with Gasteiger partial charge in [0, 0.05) is 13.1 Å². The van der Waals surface area contributed by atoms with Crippen LogP contribution < -0.4 is 0 Å². The van der Waals surface area contributed by atoms with Crippen LogP contribution in [-0.2, 0) is 9.59 Å². The maximum absolute atomic E-state index is 11.8. The second-order valence-electron chi connectivity index (χ2n) is 4.93. The lowest BCUT2D eigenvalue weighted by molar-refractivity contribution is -0.151. The van der Waals surface area contributed by atoms with E-state index in [0.29, 0.717) is 5.92 Å². The van der Waals surface area contributed by atoms with Crippen molar-refractivity contribution in [1.29, 1.82) is 0 Å². The molecule has 1 saturated carbocycles. The van der Waals surface area contributed by atoms with Crippen molar-refractivity contribution < 1.29 is 14.7 Å². The molecule has 0 heterocycles. The molecule has 1 rings (SSSR count). The number of carboxylic acids is 1. The molecule has 0 radical (unpaired) electrons. The number of carbonyl (C=O) groups is 2. The Morgan fingerprint density at radius 3 is 2.50 bits per heavy atom. The van der Waals surface area contributed by atoms with Crippen molar-refractivity contribution in [3.63, 3.8) is 0 Å². The molecule has 0 aromatic heterocycles. The number of hydrogen-bond acceptors (Lipinski definition) is 2. The fourth-order valence-electron chi connectivity index (χ4n) is 2.34. The van der Waals surface area contributed by atoms with Gasteiger partial charge in [0.05, 0.1) is 0 Å². The lowest BCUT2D eigenvalue weighted by Crippen LogP contribution is -2.43. The molecule has 0 aliphatic heterocycles. The number of aliphatic carboxylic acids is 1. The first kappa shape index (κ1) is 13.0. The van der Waals surface area contributed by atoms with Gasteiger partial charge in [-0.05, 0) is 25.7 Å².